The molecule has 3 heterocycles. The normalized spacial score (nSPS) is 23.5. The first-order chi connectivity index (χ1) is 16.3. The van der Waals surface area contributed by atoms with Gasteiger partial charge in [0.15, 0.2) is 0 Å². The van der Waals surface area contributed by atoms with Crippen molar-refractivity contribution in [2.75, 3.05) is 45.2 Å². The first-order valence-electron chi connectivity index (χ1n) is 11.8. The van der Waals surface area contributed by atoms with Gasteiger partial charge in [0.25, 0.3) is 0 Å². The Balaban J connectivity index is 1.48. The second kappa shape index (κ2) is 11.1. The topological polar surface area (TPSA) is 30.9 Å². The van der Waals surface area contributed by atoms with Crippen molar-refractivity contribution in [3.63, 3.8) is 0 Å². The third-order valence-electron chi connectivity index (χ3n) is 6.46. The molecule has 3 aliphatic rings. The van der Waals surface area contributed by atoms with Gasteiger partial charge in [0.1, 0.15) is 0 Å². The molecule has 4 nitrogen and oxygen atoms in total. The van der Waals surface area contributed by atoms with Gasteiger partial charge in [-0.25, -0.2) is 0 Å². The Morgan fingerprint density at radius 3 is 1.42 bits per heavy atom. The molecule has 6 rings (SSSR count). The molecule has 33 heavy (non-hydrogen) atoms. The minimum absolute atomic E-state index is 0.710. The Kier molecular flexibility index (Phi) is 7.92. The fourth-order valence-corrected chi connectivity index (χ4v) is 29.7. The predicted molar refractivity (Wildman–Crippen MR) is 141 cm³/mol. The molecule has 0 unspecified atom stereocenters. The van der Waals surface area contributed by atoms with Crippen molar-refractivity contribution < 1.29 is 13.3 Å². The predicted octanol–water partition coefficient (Wildman–Crippen LogP) is 2.70. The molecule has 0 aliphatic carbocycles. The van der Waals surface area contributed by atoms with Crippen LogP contribution in [0.2, 0.25) is 6.04 Å². The summed E-state index contributed by atoms with van der Waals surface area (Å²) >= 11 is -3.33. The molecule has 3 aromatic rings. The molecule has 3 aromatic carbocycles. The molecule has 0 aromatic heterocycles. The van der Waals surface area contributed by atoms with Crippen LogP contribution in [0.25, 0.3) is 0 Å². The molecular weight excluding hydrogens is 553 g/mol. The van der Waals surface area contributed by atoms with E-state index in [0.29, 0.717) is 19.8 Å². The first kappa shape index (κ1) is 23.6. The maximum atomic E-state index is 6.34. The zero-order valence-electron chi connectivity index (χ0n) is 18.9. The number of rotatable bonds is 7. The summed E-state index contributed by atoms with van der Waals surface area (Å²) in [6.07, 6.45) is 0. The molecule has 2 bridgehead atoms. The van der Waals surface area contributed by atoms with E-state index in [1.54, 1.807) is 0 Å². The van der Waals surface area contributed by atoms with Crippen LogP contribution in [-0.4, -0.2) is 75.9 Å². The van der Waals surface area contributed by atoms with E-state index in [2.05, 4.69) is 105 Å². The van der Waals surface area contributed by atoms with Gasteiger partial charge < -0.3 is 0 Å². The summed E-state index contributed by atoms with van der Waals surface area (Å²) in [5.74, 6) is 0.977. The van der Waals surface area contributed by atoms with Crippen LogP contribution >= 0.6 is 8.95 Å². The van der Waals surface area contributed by atoms with Gasteiger partial charge in [-0.15, -0.1) is 0 Å². The van der Waals surface area contributed by atoms with Gasteiger partial charge in [-0.3, -0.25) is 0 Å². The number of fused-ring (bicyclic) bond motifs is 6. The SMILES string of the molecule is c1cc[c]([Sn]([S]CC[Si]23OCCN(CCO2)CCO3)([c]2ccccc2)[c]2ccccc2)cc1. The molecule has 0 N–H and O–H groups in total. The molecule has 3 aliphatic heterocycles. The molecular formula is C26H31NO3SSiSn. The molecule has 0 spiro atoms. The van der Waals surface area contributed by atoms with Gasteiger partial charge in [0, 0.05) is 0 Å². The van der Waals surface area contributed by atoms with E-state index in [1.165, 1.54) is 10.7 Å². The van der Waals surface area contributed by atoms with Crippen molar-refractivity contribution in [1.82, 2.24) is 4.90 Å². The second-order valence-corrected chi connectivity index (χ2v) is 27.3. The fourth-order valence-electron chi connectivity index (χ4n) is 4.77. The first-order valence-corrected chi connectivity index (χ1v) is 22.4. The van der Waals surface area contributed by atoms with Crippen molar-refractivity contribution in [3.8, 4) is 0 Å². The summed E-state index contributed by atoms with van der Waals surface area (Å²) in [6, 6.07) is 34.4. The molecule has 0 amide bonds. The van der Waals surface area contributed by atoms with E-state index >= 15 is 0 Å². The van der Waals surface area contributed by atoms with Crippen LogP contribution in [0.4, 0.5) is 0 Å². The number of hydrogen-bond donors (Lipinski definition) is 0. The van der Waals surface area contributed by atoms with Crippen LogP contribution in [0.3, 0.4) is 0 Å². The van der Waals surface area contributed by atoms with Gasteiger partial charge in [-0.1, -0.05) is 0 Å². The summed E-state index contributed by atoms with van der Waals surface area (Å²) in [4.78, 5) is 2.37. The zero-order valence-corrected chi connectivity index (χ0v) is 23.6. The third kappa shape index (κ3) is 5.27. The number of benzene rings is 3. The zero-order chi connectivity index (χ0) is 22.4. The Morgan fingerprint density at radius 1 is 0.636 bits per heavy atom. The van der Waals surface area contributed by atoms with Crippen LogP contribution in [0.1, 0.15) is 0 Å². The van der Waals surface area contributed by atoms with E-state index in [-0.39, 0.29) is 0 Å². The van der Waals surface area contributed by atoms with Gasteiger partial charge in [0.05, 0.1) is 0 Å². The quantitative estimate of drug-likeness (QED) is 0.399. The average molecular weight is 584 g/mol. The summed E-state index contributed by atoms with van der Waals surface area (Å²) in [5.41, 5.74) is 0. The molecule has 172 valence electrons. The van der Waals surface area contributed by atoms with Crippen LogP contribution in [0.5, 0.6) is 0 Å². The van der Waals surface area contributed by atoms with E-state index in [4.69, 9.17) is 13.3 Å². The van der Waals surface area contributed by atoms with Crippen molar-refractivity contribution in [2.45, 2.75) is 6.04 Å². The van der Waals surface area contributed by atoms with Crippen molar-refractivity contribution >= 4 is 45.5 Å². The maximum absolute atomic E-state index is 6.34. The summed E-state index contributed by atoms with van der Waals surface area (Å²) in [6.45, 7) is 5.07. The van der Waals surface area contributed by atoms with E-state index in [0.717, 1.165) is 31.4 Å². The third-order valence-corrected chi connectivity index (χ3v) is 30.5. The van der Waals surface area contributed by atoms with Gasteiger partial charge in [-0.05, 0) is 0 Å². The Hall–Kier alpha value is -1.13. The second-order valence-electron chi connectivity index (χ2n) is 8.45. The standard InChI is InChI=1S/C8H17NO3SSi.3C6H5.Sn/c13-7-8-14-10-4-1-9(2-5-11-14)3-6-12-14;3*1-2-4-6-5-3-1;/h13H,1-8H2;3*1-5H;/q;;;;+1/p-1. The van der Waals surface area contributed by atoms with E-state index in [9.17, 15) is 0 Å². The van der Waals surface area contributed by atoms with Gasteiger partial charge >= 0.3 is 206 Å². The van der Waals surface area contributed by atoms with Crippen molar-refractivity contribution in [1.29, 1.82) is 0 Å². The summed E-state index contributed by atoms with van der Waals surface area (Å²) in [5, 5.41) is 0. The van der Waals surface area contributed by atoms with Crippen LogP contribution < -0.4 is 10.7 Å². The van der Waals surface area contributed by atoms with Gasteiger partial charge in [0.2, 0.25) is 0 Å². The van der Waals surface area contributed by atoms with Crippen molar-refractivity contribution in [3.05, 3.63) is 91.0 Å². The van der Waals surface area contributed by atoms with E-state index in [1.807, 2.05) is 0 Å². The minimum atomic E-state index is -3.33. The Morgan fingerprint density at radius 2 is 1.03 bits per heavy atom. The molecule has 0 saturated carbocycles. The van der Waals surface area contributed by atoms with Crippen molar-refractivity contribution in [2.24, 2.45) is 0 Å². The van der Waals surface area contributed by atoms with Crippen LogP contribution in [-0.2, 0) is 13.3 Å². The molecule has 7 heteroatoms. The Bertz CT molecular complexity index is 889. The van der Waals surface area contributed by atoms with E-state index < -0.39 is 25.8 Å². The average Bonchev–Trinajstić information content (AvgIpc) is 2.84. The summed E-state index contributed by atoms with van der Waals surface area (Å²) < 4.78 is 23.5. The molecule has 0 radical (unpaired) electrons. The molecule has 3 saturated heterocycles. The van der Waals surface area contributed by atoms with Gasteiger partial charge in [-0.2, -0.15) is 0 Å². The molecule has 0 atom stereocenters. The number of hydrogen-bond acceptors (Lipinski definition) is 5. The fraction of sp³-hybridized carbons (Fsp3) is 0.308. The monoisotopic (exact) mass is 585 g/mol. The number of nitrogens with zero attached hydrogens (tertiary/aromatic N) is 1. The Labute approximate surface area is 204 Å². The summed E-state index contributed by atoms with van der Waals surface area (Å²) in [7, 11) is -0.478. The molecule has 3 fully saturated rings. The van der Waals surface area contributed by atoms with Crippen LogP contribution in [0, 0.1) is 0 Å². The van der Waals surface area contributed by atoms with Crippen LogP contribution in [0.15, 0.2) is 91.0 Å².